The molecule has 1 atom stereocenters. The van der Waals surface area contributed by atoms with Crippen LogP contribution in [-0.4, -0.2) is 18.6 Å². The van der Waals surface area contributed by atoms with Crippen molar-refractivity contribution in [2.24, 2.45) is 11.7 Å². The van der Waals surface area contributed by atoms with E-state index in [1.54, 1.807) is 0 Å². The third-order valence-corrected chi connectivity index (χ3v) is 3.60. The molecule has 2 N–H and O–H groups in total. The minimum atomic E-state index is 0.239. The van der Waals surface area contributed by atoms with Crippen LogP contribution < -0.4 is 10.6 Å². The van der Waals surface area contributed by atoms with Crippen LogP contribution in [0, 0.1) is 5.92 Å². The molecular weight excluding hydrogens is 220 g/mol. The minimum Gasteiger partial charge on any atom is -0.369 e. The van der Waals surface area contributed by atoms with Crippen LogP contribution in [0.5, 0.6) is 0 Å². The summed E-state index contributed by atoms with van der Waals surface area (Å²) in [7, 11) is 0. The van der Waals surface area contributed by atoms with Crippen molar-refractivity contribution >= 4 is 5.69 Å². The second-order valence-electron chi connectivity index (χ2n) is 6.04. The highest BCUT2D eigenvalue weighted by atomic mass is 15.2. The molecule has 1 unspecified atom stereocenters. The third kappa shape index (κ3) is 3.74. The van der Waals surface area contributed by atoms with Gasteiger partial charge in [-0.3, -0.25) is 0 Å². The number of nitrogens with zero attached hydrogens (tertiary/aromatic N) is 1. The van der Waals surface area contributed by atoms with Gasteiger partial charge in [0, 0.05) is 24.3 Å². The first-order valence-corrected chi connectivity index (χ1v) is 7.17. The van der Waals surface area contributed by atoms with Crippen LogP contribution in [0.15, 0.2) is 24.3 Å². The van der Waals surface area contributed by atoms with Crippen LogP contribution in [0.2, 0.25) is 0 Å². The molecule has 1 fully saturated rings. The maximum Gasteiger partial charge on any atom is 0.0368 e. The minimum absolute atomic E-state index is 0.239. The molecule has 0 aliphatic heterocycles. The van der Waals surface area contributed by atoms with Gasteiger partial charge in [0.2, 0.25) is 0 Å². The topological polar surface area (TPSA) is 29.3 Å². The summed E-state index contributed by atoms with van der Waals surface area (Å²) < 4.78 is 0. The molecule has 0 aromatic heterocycles. The molecule has 2 rings (SSSR count). The highest BCUT2D eigenvalue weighted by Gasteiger charge is 2.25. The molecule has 0 heterocycles. The zero-order valence-electron chi connectivity index (χ0n) is 11.9. The SMILES string of the molecule is CC(N)Cc1ccc(N(CC2CC2)C(C)C)cc1. The predicted molar refractivity (Wildman–Crippen MR) is 79.0 cm³/mol. The van der Waals surface area contributed by atoms with Crippen molar-refractivity contribution in [2.75, 3.05) is 11.4 Å². The van der Waals surface area contributed by atoms with Crippen molar-refractivity contribution in [3.05, 3.63) is 29.8 Å². The Balaban J connectivity index is 2.05. The molecule has 1 aliphatic rings. The molecule has 0 bridgehead atoms. The van der Waals surface area contributed by atoms with Gasteiger partial charge in [-0.25, -0.2) is 0 Å². The van der Waals surface area contributed by atoms with E-state index in [0.717, 1.165) is 12.3 Å². The summed E-state index contributed by atoms with van der Waals surface area (Å²) in [5.74, 6) is 0.927. The molecule has 0 radical (unpaired) electrons. The van der Waals surface area contributed by atoms with Gasteiger partial charge in [-0.2, -0.15) is 0 Å². The molecule has 2 heteroatoms. The normalized spacial score (nSPS) is 16.9. The summed E-state index contributed by atoms with van der Waals surface area (Å²) in [5.41, 5.74) is 8.52. The number of benzene rings is 1. The van der Waals surface area contributed by atoms with E-state index in [1.807, 2.05) is 0 Å². The lowest BCUT2D eigenvalue weighted by Gasteiger charge is -2.29. The Morgan fingerprint density at radius 1 is 1.17 bits per heavy atom. The number of hydrogen-bond acceptors (Lipinski definition) is 2. The van der Waals surface area contributed by atoms with Crippen molar-refractivity contribution in [3.8, 4) is 0 Å². The maximum absolute atomic E-state index is 5.83. The second kappa shape index (κ2) is 5.75. The van der Waals surface area contributed by atoms with Crippen LogP contribution in [0.25, 0.3) is 0 Å². The Morgan fingerprint density at radius 3 is 2.22 bits per heavy atom. The number of rotatable bonds is 6. The molecule has 1 aromatic carbocycles. The van der Waals surface area contributed by atoms with E-state index >= 15 is 0 Å². The lowest BCUT2D eigenvalue weighted by atomic mass is 10.1. The van der Waals surface area contributed by atoms with Gasteiger partial charge in [-0.1, -0.05) is 12.1 Å². The summed E-state index contributed by atoms with van der Waals surface area (Å²) in [5, 5.41) is 0. The monoisotopic (exact) mass is 246 g/mol. The number of hydrogen-bond donors (Lipinski definition) is 1. The molecule has 1 saturated carbocycles. The average molecular weight is 246 g/mol. The Kier molecular flexibility index (Phi) is 4.28. The lowest BCUT2D eigenvalue weighted by Crippen LogP contribution is -2.32. The Morgan fingerprint density at radius 2 is 1.78 bits per heavy atom. The zero-order valence-corrected chi connectivity index (χ0v) is 11.9. The van der Waals surface area contributed by atoms with E-state index in [-0.39, 0.29) is 6.04 Å². The van der Waals surface area contributed by atoms with Crippen LogP contribution in [0.1, 0.15) is 39.2 Å². The molecule has 0 amide bonds. The summed E-state index contributed by atoms with van der Waals surface area (Å²) in [6.45, 7) is 7.82. The lowest BCUT2D eigenvalue weighted by molar-refractivity contribution is 0.644. The van der Waals surface area contributed by atoms with E-state index in [2.05, 4.69) is 49.9 Å². The van der Waals surface area contributed by atoms with Gasteiger partial charge in [-0.05, 0) is 63.6 Å². The standard InChI is InChI=1S/C16H26N2/c1-12(2)18(11-15-4-5-15)16-8-6-14(7-9-16)10-13(3)17/h6-9,12-13,15H,4-5,10-11,17H2,1-3H3. The predicted octanol–water partition coefficient (Wildman–Crippen LogP) is 3.20. The van der Waals surface area contributed by atoms with Gasteiger partial charge >= 0.3 is 0 Å². The molecule has 0 saturated heterocycles. The van der Waals surface area contributed by atoms with E-state index in [9.17, 15) is 0 Å². The Bertz CT molecular complexity index is 363. The maximum atomic E-state index is 5.83. The fraction of sp³-hybridized carbons (Fsp3) is 0.625. The van der Waals surface area contributed by atoms with Gasteiger partial charge < -0.3 is 10.6 Å². The molecule has 0 spiro atoms. The molecule has 1 aromatic rings. The van der Waals surface area contributed by atoms with Gasteiger partial charge in [-0.15, -0.1) is 0 Å². The molecule has 18 heavy (non-hydrogen) atoms. The number of nitrogens with two attached hydrogens (primary N) is 1. The van der Waals surface area contributed by atoms with E-state index in [0.29, 0.717) is 6.04 Å². The van der Waals surface area contributed by atoms with Gasteiger partial charge in [0.25, 0.3) is 0 Å². The molecule has 1 aliphatic carbocycles. The quantitative estimate of drug-likeness (QED) is 0.835. The first-order chi connectivity index (χ1) is 8.56. The number of anilines is 1. The molecule has 100 valence electrons. The summed E-state index contributed by atoms with van der Waals surface area (Å²) >= 11 is 0. The van der Waals surface area contributed by atoms with Gasteiger partial charge in [0.15, 0.2) is 0 Å². The van der Waals surface area contributed by atoms with E-state index < -0.39 is 0 Å². The van der Waals surface area contributed by atoms with Crippen molar-refractivity contribution < 1.29 is 0 Å². The Hall–Kier alpha value is -1.02. The van der Waals surface area contributed by atoms with Crippen molar-refractivity contribution in [1.29, 1.82) is 0 Å². The van der Waals surface area contributed by atoms with Crippen LogP contribution >= 0.6 is 0 Å². The molecule has 2 nitrogen and oxygen atoms in total. The molecular formula is C16H26N2. The third-order valence-electron chi connectivity index (χ3n) is 3.60. The largest absolute Gasteiger partial charge is 0.369 e. The van der Waals surface area contributed by atoms with Crippen molar-refractivity contribution in [3.63, 3.8) is 0 Å². The van der Waals surface area contributed by atoms with Crippen LogP contribution in [0.3, 0.4) is 0 Å². The van der Waals surface area contributed by atoms with Gasteiger partial charge in [0.05, 0.1) is 0 Å². The summed E-state index contributed by atoms with van der Waals surface area (Å²) in [6, 6.07) is 9.76. The van der Waals surface area contributed by atoms with Crippen molar-refractivity contribution in [2.45, 2.75) is 52.1 Å². The first kappa shape index (κ1) is 13.4. The fourth-order valence-electron chi connectivity index (χ4n) is 2.39. The summed E-state index contributed by atoms with van der Waals surface area (Å²) in [4.78, 5) is 2.52. The van der Waals surface area contributed by atoms with Crippen molar-refractivity contribution in [1.82, 2.24) is 0 Å². The average Bonchev–Trinajstić information content (AvgIpc) is 3.10. The van der Waals surface area contributed by atoms with Crippen LogP contribution in [0.4, 0.5) is 5.69 Å². The zero-order chi connectivity index (χ0) is 13.1. The Labute approximate surface area is 111 Å². The van der Waals surface area contributed by atoms with Gasteiger partial charge in [0.1, 0.15) is 0 Å². The van der Waals surface area contributed by atoms with E-state index in [1.165, 1.54) is 30.6 Å². The highest BCUT2D eigenvalue weighted by molar-refractivity contribution is 5.48. The van der Waals surface area contributed by atoms with Crippen LogP contribution in [-0.2, 0) is 6.42 Å². The fourth-order valence-corrected chi connectivity index (χ4v) is 2.39. The second-order valence-corrected chi connectivity index (χ2v) is 6.04. The summed E-state index contributed by atoms with van der Waals surface area (Å²) in [6.07, 6.45) is 3.78. The highest BCUT2D eigenvalue weighted by Crippen LogP contribution is 2.32. The van der Waals surface area contributed by atoms with E-state index in [4.69, 9.17) is 5.73 Å². The first-order valence-electron chi connectivity index (χ1n) is 7.17. The smallest absolute Gasteiger partial charge is 0.0368 e.